The highest BCUT2D eigenvalue weighted by Gasteiger charge is 2.26. The molecule has 0 aromatic carbocycles. The van der Waals surface area contributed by atoms with Gasteiger partial charge in [0.25, 0.3) is 0 Å². The van der Waals surface area contributed by atoms with Gasteiger partial charge in [-0.2, -0.15) is 4.98 Å². The summed E-state index contributed by atoms with van der Waals surface area (Å²) in [5, 5.41) is 12.9. The highest BCUT2D eigenvalue weighted by Crippen LogP contribution is 2.33. The third kappa shape index (κ3) is 1.68. The Kier molecular flexibility index (Phi) is 2.51. The first kappa shape index (κ1) is 10.6. The Morgan fingerprint density at radius 2 is 2.47 bits per heavy atom. The maximum Gasteiger partial charge on any atom is 0.243 e. The summed E-state index contributed by atoms with van der Waals surface area (Å²) < 4.78 is 1.99. The van der Waals surface area contributed by atoms with Crippen molar-refractivity contribution >= 4 is 23.2 Å². The van der Waals surface area contributed by atoms with E-state index < -0.39 is 0 Å². The van der Waals surface area contributed by atoms with Crippen LogP contribution in [0.5, 0.6) is 0 Å². The van der Waals surface area contributed by atoms with E-state index in [1.165, 1.54) is 10.4 Å². The van der Waals surface area contributed by atoms with Crippen molar-refractivity contribution in [1.82, 2.24) is 14.8 Å². The quantitative estimate of drug-likeness (QED) is 0.855. The van der Waals surface area contributed by atoms with Gasteiger partial charge < -0.3 is 10.6 Å². The van der Waals surface area contributed by atoms with Crippen LogP contribution in [0.25, 0.3) is 0 Å². The van der Waals surface area contributed by atoms with Gasteiger partial charge in [-0.05, 0) is 30.4 Å². The van der Waals surface area contributed by atoms with E-state index in [1.807, 2.05) is 11.7 Å². The van der Waals surface area contributed by atoms with Gasteiger partial charge in [-0.1, -0.05) is 0 Å². The van der Waals surface area contributed by atoms with Crippen LogP contribution in [0.4, 0.5) is 11.9 Å². The van der Waals surface area contributed by atoms with E-state index in [0.717, 1.165) is 18.9 Å². The van der Waals surface area contributed by atoms with Gasteiger partial charge in [-0.3, -0.25) is 0 Å². The van der Waals surface area contributed by atoms with Gasteiger partial charge >= 0.3 is 0 Å². The summed E-state index contributed by atoms with van der Waals surface area (Å²) in [6.07, 6.45) is 1.06. The molecule has 0 aliphatic carbocycles. The first-order valence-electron chi connectivity index (χ1n) is 5.71. The maximum absolute atomic E-state index is 4.49. The Balaban J connectivity index is 2.04. The largest absolute Gasteiger partial charge is 0.356 e. The Bertz CT molecular complexity index is 530. The third-order valence-corrected chi connectivity index (χ3v) is 4.18. The van der Waals surface area contributed by atoms with Gasteiger partial charge in [-0.15, -0.1) is 16.4 Å². The summed E-state index contributed by atoms with van der Waals surface area (Å²) in [7, 11) is 1.84. The molecular weight excluding hydrogens is 234 g/mol. The van der Waals surface area contributed by atoms with E-state index in [2.05, 4.69) is 39.1 Å². The Morgan fingerprint density at radius 3 is 3.18 bits per heavy atom. The minimum atomic E-state index is 0.320. The van der Waals surface area contributed by atoms with E-state index in [0.29, 0.717) is 12.0 Å². The Morgan fingerprint density at radius 1 is 1.59 bits per heavy atom. The molecule has 90 valence electrons. The molecule has 1 atom stereocenters. The van der Waals surface area contributed by atoms with Crippen LogP contribution in [-0.4, -0.2) is 28.4 Å². The predicted octanol–water partition coefficient (Wildman–Crippen LogP) is 2.09. The first-order valence-corrected chi connectivity index (χ1v) is 6.59. The lowest BCUT2D eigenvalue weighted by Gasteiger charge is -2.24. The van der Waals surface area contributed by atoms with Crippen molar-refractivity contribution < 1.29 is 0 Å². The summed E-state index contributed by atoms with van der Waals surface area (Å²) in [6, 6.07) is 2.48. The number of aromatic nitrogens is 3. The molecule has 1 unspecified atom stereocenters. The highest BCUT2D eigenvalue weighted by atomic mass is 32.1. The zero-order valence-corrected chi connectivity index (χ0v) is 10.7. The molecule has 2 aromatic rings. The minimum absolute atomic E-state index is 0.320. The van der Waals surface area contributed by atoms with Crippen LogP contribution in [0.2, 0.25) is 0 Å². The molecule has 0 bridgehead atoms. The first-order chi connectivity index (χ1) is 8.29. The zero-order chi connectivity index (χ0) is 11.8. The van der Waals surface area contributed by atoms with Crippen LogP contribution in [0, 0.1) is 6.92 Å². The van der Waals surface area contributed by atoms with Crippen molar-refractivity contribution in [3.05, 3.63) is 21.9 Å². The van der Waals surface area contributed by atoms with Crippen molar-refractivity contribution in [2.75, 3.05) is 24.2 Å². The second-order valence-electron chi connectivity index (χ2n) is 4.15. The van der Waals surface area contributed by atoms with E-state index >= 15 is 0 Å². The lowest BCUT2D eigenvalue weighted by atomic mass is 10.1. The second-order valence-corrected chi connectivity index (χ2v) is 5.10. The zero-order valence-electron chi connectivity index (χ0n) is 9.90. The highest BCUT2D eigenvalue weighted by molar-refractivity contribution is 7.10. The number of anilines is 2. The van der Waals surface area contributed by atoms with Gasteiger partial charge in [-0.25, -0.2) is 4.68 Å². The monoisotopic (exact) mass is 249 g/mol. The van der Waals surface area contributed by atoms with Crippen molar-refractivity contribution in [3.63, 3.8) is 0 Å². The third-order valence-electron chi connectivity index (χ3n) is 3.06. The van der Waals surface area contributed by atoms with Crippen molar-refractivity contribution in [2.45, 2.75) is 19.4 Å². The molecule has 0 amide bonds. The van der Waals surface area contributed by atoms with Crippen molar-refractivity contribution in [2.24, 2.45) is 0 Å². The summed E-state index contributed by atoms with van der Waals surface area (Å²) in [6.45, 7) is 3.10. The van der Waals surface area contributed by atoms with Crippen LogP contribution in [0.3, 0.4) is 0 Å². The number of rotatable bonds is 2. The standard InChI is InChI=1S/C11H15N5S/c1-7-4-6-17-9(7)8-3-5-13-11-14-10(12-2)15-16(8)11/h4,6,8H,3,5H2,1-2H3,(H2,12,13,14,15). The fourth-order valence-corrected chi connectivity index (χ4v) is 3.23. The summed E-state index contributed by atoms with van der Waals surface area (Å²) in [5.41, 5.74) is 1.34. The smallest absolute Gasteiger partial charge is 0.243 e. The maximum atomic E-state index is 4.49. The number of nitrogens with zero attached hydrogens (tertiary/aromatic N) is 3. The number of hydrogen-bond acceptors (Lipinski definition) is 5. The van der Waals surface area contributed by atoms with Crippen LogP contribution < -0.4 is 10.6 Å². The van der Waals surface area contributed by atoms with Crippen LogP contribution in [-0.2, 0) is 0 Å². The topological polar surface area (TPSA) is 54.8 Å². The van der Waals surface area contributed by atoms with Crippen LogP contribution >= 0.6 is 11.3 Å². The fourth-order valence-electron chi connectivity index (χ4n) is 2.18. The molecule has 6 heteroatoms. The van der Waals surface area contributed by atoms with E-state index in [9.17, 15) is 0 Å². The molecule has 0 saturated heterocycles. The number of thiophene rings is 1. The number of fused-ring (bicyclic) bond motifs is 1. The lowest BCUT2D eigenvalue weighted by Crippen LogP contribution is -2.24. The molecule has 2 aromatic heterocycles. The van der Waals surface area contributed by atoms with Gasteiger partial charge in [0.15, 0.2) is 0 Å². The lowest BCUT2D eigenvalue weighted by molar-refractivity contribution is 0.486. The normalized spacial score (nSPS) is 18.6. The van der Waals surface area contributed by atoms with E-state index in [1.54, 1.807) is 11.3 Å². The molecule has 1 aliphatic rings. The van der Waals surface area contributed by atoms with Crippen LogP contribution in [0.15, 0.2) is 11.4 Å². The second kappa shape index (κ2) is 4.03. The molecule has 0 radical (unpaired) electrons. The average molecular weight is 249 g/mol. The Hall–Kier alpha value is -1.56. The molecule has 2 N–H and O–H groups in total. The predicted molar refractivity (Wildman–Crippen MR) is 69.9 cm³/mol. The Labute approximate surface area is 104 Å². The molecular formula is C11H15N5S. The summed E-state index contributed by atoms with van der Waals surface area (Å²) in [5.74, 6) is 1.53. The molecule has 0 saturated carbocycles. The molecule has 1 aliphatic heterocycles. The minimum Gasteiger partial charge on any atom is -0.356 e. The van der Waals surface area contributed by atoms with Gasteiger partial charge in [0, 0.05) is 18.5 Å². The molecule has 5 nitrogen and oxygen atoms in total. The molecule has 3 rings (SSSR count). The van der Waals surface area contributed by atoms with Gasteiger partial charge in [0.1, 0.15) is 0 Å². The van der Waals surface area contributed by atoms with E-state index in [-0.39, 0.29) is 0 Å². The fraction of sp³-hybridized carbons (Fsp3) is 0.455. The molecule has 17 heavy (non-hydrogen) atoms. The number of aryl methyl sites for hydroxylation is 1. The van der Waals surface area contributed by atoms with E-state index in [4.69, 9.17) is 0 Å². The SMILES string of the molecule is CNc1nc2n(n1)C(c1sccc1C)CCN2. The van der Waals surface area contributed by atoms with Gasteiger partial charge in [0.2, 0.25) is 11.9 Å². The molecule has 0 fully saturated rings. The number of hydrogen-bond donors (Lipinski definition) is 2. The number of nitrogens with one attached hydrogen (secondary N) is 2. The summed E-state index contributed by atoms with van der Waals surface area (Å²) >= 11 is 1.80. The molecule has 3 heterocycles. The van der Waals surface area contributed by atoms with Crippen molar-refractivity contribution in [1.29, 1.82) is 0 Å². The average Bonchev–Trinajstić information content (AvgIpc) is 2.93. The summed E-state index contributed by atoms with van der Waals surface area (Å²) in [4.78, 5) is 5.78. The van der Waals surface area contributed by atoms with Crippen LogP contribution in [0.1, 0.15) is 22.9 Å². The van der Waals surface area contributed by atoms with Crippen molar-refractivity contribution in [3.8, 4) is 0 Å². The van der Waals surface area contributed by atoms with Gasteiger partial charge in [0.05, 0.1) is 6.04 Å². The molecule has 0 spiro atoms.